The lowest BCUT2D eigenvalue weighted by molar-refractivity contribution is 0.0224. The van der Waals surface area contributed by atoms with Crippen molar-refractivity contribution in [1.29, 1.82) is 0 Å². The summed E-state index contributed by atoms with van der Waals surface area (Å²) in [6, 6.07) is 0. The molecule has 0 radical (unpaired) electrons. The van der Waals surface area contributed by atoms with Gasteiger partial charge >= 0.3 is 5.97 Å². The maximum Gasteiger partial charge on any atom is 0.344 e. The third-order valence-electron chi connectivity index (χ3n) is 2.65. The van der Waals surface area contributed by atoms with Gasteiger partial charge in [0, 0.05) is 0 Å². The van der Waals surface area contributed by atoms with Gasteiger partial charge in [0.1, 0.15) is 11.7 Å². The lowest BCUT2D eigenvalue weighted by Crippen LogP contribution is -2.23. The van der Waals surface area contributed by atoms with E-state index in [0.717, 1.165) is 0 Å². The molecular formula is C12H11F5O2. The van der Waals surface area contributed by atoms with Crippen LogP contribution in [0, 0.1) is 35.0 Å². The van der Waals surface area contributed by atoms with E-state index in [2.05, 4.69) is 4.74 Å². The molecule has 0 bridgehead atoms. The van der Waals surface area contributed by atoms with Gasteiger partial charge in [-0.2, -0.15) is 0 Å². The third kappa shape index (κ3) is 2.85. The van der Waals surface area contributed by atoms with Crippen molar-refractivity contribution < 1.29 is 31.5 Å². The van der Waals surface area contributed by atoms with Gasteiger partial charge < -0.3 is 4.74 Å². The molecule has 0 fully saturated rings. The highest BCUT2D eigenvalue weighted by molar-refractivity contribution is 5.90. The quantitative estimate of drug-likeness (QED) is 0.366. The van der Waals surface area contributed by atoms with E-state index < -0.39 is 46.7 Å². The summed E-state index contributed by atoms with van der Waals surface area (Å²) in [5, 5.41) is 0. The van der Waals surface area contributed by atoms with E-state index in [0.29, 0.717) is 0 Å². The predicted octanol–water partition coefficient (Wildman–Crippen LogP) is 3.58. The number of esters is 1. The fourth-order valence-corrected chi connectivity index (χ4v) is 1.15. The van der Waals surface area contributed by atoms with E-state index in [1.165, 1.54) is 6.92 Å². The molecule has 0 amide bonds. The SMILES string of the molecule is CC(C)C(C)OC(=O)c1c(F)c(F)c(F)c(F)c1F. The molecule has 0 heterocycles. The van der Waals surface area contributed by atoms with Crippen LogP contribution >= 0.6 is 0 Å². The second-order valence-corrected chi connectivity index (χ2v) is 4.30. The summed E-state index contributed by atoms with van der Waals surface area (Å²) in [4.78, 5) is 11.5. The predicted molar refractivity (Wildman–Crippen MR) is 55.9 cm³/mol. The Kier molecular flexibility index (Phi) is 4.49. The second-order valence-electron chi connectivity index (χ2n) is 4.30. The molecule has 1 aromatic carbocycles. The first-order valence-corrected chi connectivity index (χ1v) is 5.40. The van der Waals surface area contributed by atoms with Crippen LogP contribution in [-0.4, -0.2) is 12.1 Å². The van der Waals surface area contributed by atoms with Gasteiger partial charge in [0.2, 0.25) is 5.82 Å². The molecule has 0 aliphatic heterocycles. The number of carbonyl (C=O) groups excluding carboxylic acids is 1. The molecule has 0 saturated heterocycles. The highest BCUT2D eigenvalue weighted by atomic mass is 19.2. The second kappa shape index (κ2) is 5.54. The Balaban J connectivity index is 3.25. The highest BCUT2D eigenvalue weighted by Crippen LogP contribution is 2.24. The fourth-order valence-electron chi connectivity index (χ4n) is 1.15. The minimum atomic E-state index is -2.32. The first-order valence-electron chi connectivity index (χ1n) is 5.40. The van der Waals surface area contributed by atoms with Crippen molar-refractivity contribution in [1.82, 2.24) is 0 Å². The van der Waals surface area contributed by atoms with Crippen molar-refractivity contribution >= 4 is 5.97 Å². The van der Waals surface area contributed by atoms with Crippen LogP contribution in [0.1, 0.15) is 31.1 Å². The summed E-state index contributed by atoms with van der Waals surface area (Å²) >= 11 is 0. The summed E-state index contributed by atoms with van der Waals surface area (Å²) in [5.41, 5.74) is -1.58. The summed E-state index contributed by atoms with van der Waals surface area (Å²) in [6.07, 6.45) is -0.734. The molecule has 1 aromatic rings. The zero-order valence-electron chi connectivity index (χ0n) is 10.4. The van der Waals surface area contributed by atoms with Crippen LogP contribution in [0.15, 0.2) is 0 Å². The number of hydrogen-bond acceptors (Lipinski definition) is 2. The van der Waals surface area contributed by atoms with Gasteiger partial charge in [-0.05, 0) is 12.8 Å². The van der Waals surface area contributed by atoms with Gasteiger partial charge in [0.15, 0.2) is 23.3 Å². The first-order chi connectivity index (χ1) is 8.68. The van der Waals surface area contributed by atoms with Crippen molar-refractivity contribution in [3.63, 3.8) is 0 Å². The molecule has 0 saturated carbocycles. The van der Waals surface area contributed by atoms with Crippen LogP contribution in [0.2, 0.25) is 0 Å². The maximum absolute atomic E-state index is 13.3. The topological polar surface area (TPSA) is 26.3 Å². The molecule has 0 N–H and O–H groups in total. The van der Waals surface area contributed by atoms with Gasteiger partial charge in [-0.1, -0.05) is 13.8 Å². The van der Waals surface area contributed by atoms with Crippen LogP contribution in [0.3, 0.4) is 0 Å². The van der Waals surface area contributed by atoms with E-state index in [1.807, 2.05) is 0 Å². The lowest BCUT2D eigenvalue weighted by atomic mass is 10.1. The normalized spacial score (nSPS) is 12.7. The minimum Gasteiger partial charge on any atom is -0.459 e. The average molecular weight is 282 g/mol. The Hall–Kier alpha value is -1.66. The van der Waals surface area contributed by atoms with Gasteiger partial charge in [-0.15, -0.1) is 0 Å². The summed E-state index contributed by atoms with van der Waals surface area (Å²) < 4.78 is 69.8. The van der Waals surface area contributed by atoms with Gasteiger partial charge in [0.05, 0.1) is 0 Å². The number of halogens is 5. The van der Waals surface area contributed by atoms with Crippen molar-refractivity contribution in [3.8, 4) is 0 Å². The zero-order valence-corrected chi connectivity index (χ0v) is 10.4. The van der Waals surface area contributed by atoms with Crippen LogP contribution in [0.25, 0.3) is 0 Å². The highest BCUT2D eigenvalue weighted by Gasteiger charge is 2.31. The molecule has 1 atom stereocenters. The summed E-state index contributed by atoms with van der Waals surface area (Å²) in [5.74, 6) is -12.8. The molecule has 0 spiro atoms. The van der Waals surface area contributed by atoms with E-state index in [-0.39, 0.29) is 5.92 Å². The van der Waals surface area contributed by atoms with Crippen molar-refractivity contribution in [2.24, 2.45) is 5.92 Å². The fraction of sp³-hybridized carbons (Fsp3) is 0.417. The Morgan fingerprint density at radius 2 is 1.21 bits per heavy atom. The van der Waals surface area contributed by atoms with E-state index in [4.69, 9.17) is 0 Å². The van der Waals surface area contributed by atoms with Crippen molar-refractivity contribution in [2.75, 3.05) is 0 Å². The van der Waals surface area contributed by atoms with Crippen molar-refractivity contribution in [3.05, 3.63) is 34.6 Å². The molecule has 1 unspecified atom stereocenters. The standard InChI is InChI=1S/C12H11F5O2/c1-4(2)5(3)19-12(18)6-7(13)9(15)11(17)10(16)8(6)14/h4-5H,1-3H3. The molecule has 7 heteroatoms. The number of rotatable bonds is 3. The third-order valence-corrected chi connectivity index (χ3v) is 2.65. The number of ether oxygens (including phenoxy) is 1. The summed E-state index contributed by atoms with van der Waals surface area (Å²) in [6.45, 7) is 4.77. The van der Waals surface area contributed by atoms with Crippen LogP contribution in [-0.2, 0) is 4.74 Å². The van der Waals surface area contributed by atoms with E-state index >= 15 is 0 Å². The molecular weight excluding hydrogens is 271 g/mol. The maximum atomic E-state index is 13.3. The smallest absolute Gasteiger partial charge is 0.344 e. The molecule has 1 rings (SSSR count). The van der Waals surface area contributed by atoms with E-state index in [9.17, 15) is 26.7 Å². The summed E-state index contributed by atoms with van der Waals surface area (Å²) in [7, 11) is 0. The van der Waals surface area contributed by atoms with Gasteiger partial charge in [0.25, 0.3) is 0 Å². The van der Waals surface area contributed by atoms with E-state index in [1.54, 1.807) is 13.8 Å². The number of hydrogen-bond donors (Lipinski definition) is 0. The van der Waals surface area contributed by atoms with Crippen LogP contribution in [0.4, 0.5) is 22.0 Å². The zero-order chi connectivity index (χ0) is 14.9. The monoisotopic (exact) mass is 282 g/mol. The Bertz CT molecular complexity index is 484. The Morgan fingerprint density at radius 3 is 1.58 bits per heavy atom. The number of carbonyl (C=O) groups is 1. The van der Waals surface area contributed by atoms with Gasteiger partial charge in [-0.3, -0.25) is 0 Å². The lowest BCUT2D eigenvalue weighted by Gasteiger charge is -2.17. The van der Waals surface area contributed by atoms with Gasteiger partial charge in [-0.25, -0.2) is 26.7 Å². The number of benzene rings is 1. The molecule has 0 aliphatic rings. The van der Waals surface area contributed by atoms with Crippen molar-refractivity contribution in [2.45, 2.75) is 26.9 Å². The minimum absolute atomic E-state index is 0.176. The van der Waals surface area contributed by atoms with Crippen LogP contribution in [0.5, 0.6) is 0 Å². The molecule has 106 valence electrons. The van der Waals surface area contributed by atoms with Crippen LogP contribution < -0.4 is 0 Å². The first kappa shape index (κ1) is 15.4. The molecule has 0 aliphatic carbocycles. The average Bonchev–Trinajstić information content (AvgIpc) is 2.34. The molecule has 19 heavy (non-hydrogen) atoms. The molecule has 2 nitrogen and oxygen atoms in total. The Morgan fingerprint density at radius 1 is 0.842 bits per heavy atom. The largest absolute Gasteiger partial charge is 0.459 e. The molecule has 0 aromatic heterocycles. The Labute approximate surface area is 106 Å².